The van der Waals surface area contributed by atoms with Gasteiger partial charge < -0.3 is 5.32 Å². The van der Waals surface area contributed by atoms with Crippen molar-refractivity contribution in [3.63, 3.8) is 0 Å². The van der Waals surface area contributed by atoms with Gasteiger partial charge in [-0.1, -0.05) is 81.1 Å². The number of carbonyl (C=O) groups is 2. The minimum Gasteiger partial charge on any atom is -0.322 e. The number of hydrogen-bond acceptors (Lipinski definition) is 2. The molecule has 2 rings (SSSR count). The van der Waals surface area contributed by atoms with Gasteiger partial charge in [0.1, 0.15) is 0 Å². The Kier molecular flexibility index (Phi) is 5.50. The number of anilines is 1. The second-order valence-corrected chi connectivity index (χ2v) is 7.53. The lowest BCUT2D eigenvalue weighted by Crippen LogP contribution is -2.27. The summed E-state index contributed by atoms with van der Waals surface area (Å²) in [5, 5.41) is 2.45. The van der Waals surface area contributed by atoms with Crippen molar-refractivity contribution in [2.45, 2.75) is 3.79 Å². The summed E-state index contributed by atoms with van der Waals surface area (Å²) in [6.45, 7) is 0. The fraction of sp³-hybridized carbons (Fsp3) is 0.0667. The predicted molar refractivity (Wildman–Crippen MR) is 92.9 cm³/mol. The van der Waals surface area contributed by atoms with E-state index in [1.807, 2.05) is 6.07 Å². The second-order valence-electron chi connectivity index (χ2n) is 4.34. The summed E-state index contributed by atoms with van der Waals surface area (Å²) in [7, 11) is 0. The molecule has 0 aliphatic rings. The second kappa shape index (κ2) is 7.01. The molecule has 0 aliphatic heterocycles. The van der Waals surface area contributed by atoms with Gasteiger partial charge in [0.25, 0.3) is 9.70 Å². The standard InChI is InChI=1S/C15H9BrCl3NO2/c16-10-6-7-12(20-14(22)15(17,18)19)11(8-10)13(21)9-4-2-1-3-5-9/h1-8H,(H,20,22). The molecule has 2 aromatic carbocycles. The van der Waals surface area contributed by atoms with E-state index in [-0.39, 0.29) is 11.5 Å². The van der Waals surface area contributed by atoms with Crippen LogP contribution >= 0.6 is 50.7 Å². The Balaban J connectivity index is 2.41. The van der Waals surface area contributed by atoms with Crippen molar-refractivity contribution in [1.29, 1.82) is 0 Å². The Morgan fingerprint density at radius 2 is 1.64 bits per heavy atom. The molecular formula is C15H9BrCl3NO2. The minimum atomic E-state index is -2.11. The molecule has 0 saturated heterocycles. The number of alkyl halides is 3. The van der Waals surface area contributed by atoms with Gasteiger partial charge in [-0.25, -0.2) is 0 Å². The lowest BCUT2D eigenvalue weighted by Gasteiger charge is -2.14. The molecule has 0 atom stereocenters. The van der Waals surface area contributed by atoms with Gasteiger partial charge in [0, 0.05) is 15.6 Å². The maximum Gasteiger partial charge on any atom is 0.276 e. The zero-order valence-electron chi connectivity index (χ0n) is 10.9. The first-order valence-electron chi connectivity index (χ1n) is 6.06. The number of hydrogen-bond donors (Lipinski definition) is 1. The highest BCUT2D eigenvalue weighted by atomic mass is 79.9. The molecule has 0 saturated carbocycles. The Bertz CT molecular complexity index is 714. The van der Waals surface area contributed by atoms with Crippen LogP contribution in [0.4, 0.5) is 5.69 Å². The van der Waals surface area contributed by atoms with Crippen molar-refractivity contribution >= 4 is 68.1 Å². The number of carbonyl (C=O) groups excluding carboxylic acids is 2. The van der Waals surface area contributed by atoms with E-state index in [1.165, 1.54) is 0 Å². The van der Waals surface area contributed by atoms with E-state index in [4.69, 9.17) is 34.8 Å². The quantitative estimate of drug-likeness (QED) is 0.561. The van der Waals surface area contributed by atoms with Crippen LogP contribution in [-0.4, -0.2) is 15.5 Å². The van der Waals surface area contributed by atoms with Crippen LogP contribution in [0, 0.1) is 0 Å². The van der Waals surface area contributed by atoms with Gasteiger partial charge in [0.15, 0.2) is 5.78 Å². The number of nitrogens with one attached hydrogen (secondary N) is 1. The van der Waals surface area contributed by atoms with Crippen LogP contribution in [0.25, 0.3) is 0 Å². The van der Waals surface area contributed by atoms with Crippen molar-refractivity contribution in [2.75, 3.05) is 5.32 Å². The summed E-state index contributed by atoms with van der Waals surface area (Å²) in [5.41, 5.74) is 1.06. The molecule has 0 heterocycles. The lowest BCUT2D eigenvalue weighted by molar-refractivity contribution is -0.115. The lowest BCUT2D eigenvalue weighted by atomic mass is 10.0. The molecule has 114 valence electrons. The summed E-state index contributed by atoms with van der Waals surface area (Å²) < 4.78 is -1.42. The fourth-order valence-electron chi connectivity index (χ4n) is 1.75. The number of halogens is 4. The smallest absolute Gasteiger partial charge is 0.276 e. The van der Waals surface area contributed by atoms with Gasteiger partial charge in [-0.3, -0.25) is 9.59 Å². The van der Waals surface area contributed by atoms with E-state index in [0.717, 1.165) is 0 Å². The molecule has 0 bridgehead atoms. The van der Waals surface area contributed by atoms with Gasteiger partial charge in [0.2, 0.25) is 0 Å². The first-order chi connectivity index (χ1) is 10.3. The maximum absolute atomic E-state index is 12.6. The SMILES string of the molecule is O=C(c1ccccc1)c1cc(Br)ccc1NC(=O)C(Cl)(Cl)Cl. The monoisotopic (exact) mass is 419 g/mol. The molecule has 0 aromatic heterocycles. The molecule has 0 spiro atoms. The van der Waals surface area contributed by atoms with Crippen molar-refractivity contribution in [2.24, 2.45) is 0 Å². The Morgan fingerprint density at radius 3 is 2.23 bits per heavy atom. The Morgan fingerprint density at radius 1 is 1.00 bits per heavy atom. The van der Waals surface area contributed by atoms with Crippen LogP contribution in [0.1, 0.15) is 15.9 Å². The Labute approximate surface area is 150 Å². The summed E-state index contributed by atoms with van der Waals surface area (Å²) in [6.07, 6.45) is 0. The van der Waals surface area contributed by atoms with Gasteiger partial charge in [-0.2, -0.15) is 0 Å². The zero-order chi connectivity index (χ0) is 16.3. The van der Waals surface area contributed by atoms with Crippen LogP contribution < -0.4 is 5.32 Å². The third-order valence-electron chi connectivity index (χ3n) is 2.77. The van der Waals surface area contributed by atoms with Gasteiger partial charge in [-0.05, 0) is 18.2 Å². The minimum absolute atomic E-state index is 0.249. The summed E-state index contributed by atoms with van der Waals surface area (Å²) in [5.74, 6) is -1.08. The molecule has 0 radical (unpaired) electrons. The van der Waals surface area contributed by atoms with E-state index < -0.39 is 9.70 Å². The molecule has 3 nitrogen and oxygen atoms in total. The molecule has 0 aliphatic carbocycles. The first kappa shape index (κ1) is 17.3. The Hall–Kier alpha value is -1.07. The molecule has 1 amide bonds. The number of amides is 1. The largest absolute Gasteiger partial charge is 0.322 e. The highest BCUT2D eigenvalue weighted by molar-refractivity contribution is 9.10. The van der Waals surface area contributed by atoms with Crippen LogP contribution in [0.3, 0.4) is 0 Å². The summed E-state index contributed by atoms with van der Waals surface area (Å²) in [4.78, 5) is 24.4. The molecule has 2 aromatic rings. The van der Waals surface area contributed by atoms with Crippen molar-refractivity contribution in [3.8, 4) is 0 Å². The van der Waals surface area contributed by atoms with Crippen molar-refractivity contribution in [3.05, 3.63) is 64.1 Å². The molecule has 1 N–H and O–H groups in total. The number of ketones is 1. The average molecular weight is 422 g/mol. The van der Waals surface area contributed by atoms with Gasteiger partial charge in [0.05, 0.1) is 5.69 Å². The fourth-order valence-corrected chi connectivity index (χ4v) is 2.25. The van der Waals surface area contributed by atoms with E-state index in [9.17, 15) is 9.59 Å². The van der Waals surface area contributed by atoms with Gasteiger partial charge in [-0.15, -0.1) is 0 Å². The highest BCUT2D eigenvalue weighted by Crippen LogP contribution is 2.30. The van der Waals surface area contributed by atoms with E-state index in [0.29, 0.717) is 15.6 Å². The van der Waals surface area contributed by atoms with Crippen molar-refractivity contribution in [1.82, 2.24) is 0 Å². The zero-order valence-corrected chi connectivity index (χ0v) is 14.8. The molecule has 0 unspecified atom stereocenters. The molecule has 7 heteroatoms. The van der Waals surface area contributed by atoms with E-state index in [1.54, 1.807) is 42.5 Å². The topological polar surface area (TPSA) is 46.2 Å². The highest BCUT2D eigenvalue weighted by Gasteiger charge is 2.31. The van der Waals surface area contributed by atoms with Crippen LogP contribution in [0.5, 0.6) is 0 Å². The van der Waals surface area contributed by atoms with Crippen molar-refractivity contribution < 1.29 is 9.59 Å². The third kappa shape index (κ3) is 4.23. The van der Waals surface area contributed by atoms with Crippen LogP contribution in [0.2, 0.25) is 0 Å². The van der Waals surface area contributed by atoms with Gasteiger partial charge >= 0.3 is 0 Å². The number of benzene rings is 2. The number of rotatable bonds is 3. The normalized spacial score (nSPS) is 11.1. The summed E-state index contributed by atoms with van der Waals surface area (Å²) >= 11 is 19.9. The third-order valence-corrected chi connectivity index (χ3v) is 3.78. The maximum atomic E-state index is 12.6. The van der Waals surface area contributed by atoms with Crippen LogP contribution in [0.15, 0.2) is 53.0 Å². The molecular weight excluding hydrogens is 412 g/mol. The average Bonchev–Trinajstić information content (AvgIpc) is 2.48. The first-order valence-corrected chi connectivity index (χ1v) is 7.99. The van der Waals surface area contributed by atoms with Crippen LogP contribution in [-0.2, 0) is 4.79 Å². The van der Waals surface area contributed by atoms with E-state index >= 15 is 0 Å². The predicted octanol–water partition coefficient (Wildman–Crippen LogP) is 4.99. The summed E-state index contributed by atoms with van der Waals surface area (Å²) in [6, 6.07) is 13.5. The van der Waals surface area contributed by atoms with E-state index in [2.05, 4.69) is 21.2 Å². The molecule has 0 fully saturated rings. The molecule has 22 heavy (non-hydrogen) atoms.